The zero-order valence-corrected chi connectivity index (χ0v) is 14.1. The molecule has 0 saturated carbocycles. The second-order valence-corrected chi connectivity index (χ2v) is 12.9. The van der Waals surface area contributed by atoms with E-state index in [0.717, 1.165) is 0 Å². The van der Waals surface area contributed by atoms with Crippen LogP contribution in [0.3, 0.4) is 0 Å². The van der Waals surface area contributed by atoms with E-state index < -0.39 is 47.3 Å². The lowest BCUT2D eigenvalue weighted by atomic mass is 9.94. The molecule has 0 bridgehead atoms. The van der Waals surface area contributed by atoms with Crippen molar-refractivity contribution in [3.05, 3.63) is 0 Å². The lowest BCUT2D eigenvalue weighted by Crippen LogP contribution is -2.74. The molecule has 0 aliphatic heterocycles. The van der Waals surface area contributed by atoms with Crippen LogP contribution < -0.4 is 0 Å². The SMILES string of the molecule is FC(F)(F)C(F)(F)C(F)(F)C(F)(F)C(F)(F)C(F)(F)C(F)(F)[Si](Cl)(Cl)Cl. The lowest BCUT2D eigenvalue weighted by Gasteiger charge is -2.42. The summed E-state index contributed by atoms with van der Waals surface area (Å²) >= 11 is 12.9. The Morgan fingerprint density at radius 3 is 0.846 bits per heavy atom. The number of halogens is 18. The third-order valence-electron chi connectivity index (χ3n) is 2.68. The first kappa shape index (κ1) is 26.0. The minimum Gasteiger partial charge on any atom is -0.200 e. The lowest BCUT2D eigenvalue weighted by molar-refractivity contribution is -0.448. The predicted molar refractivity (Wildman–Crippen MR) is 59.1 cm³/mol. The minimum absolute atomic E-state index is 4.29. The summed E-state index contributed by atoms with van der Waals surface area (Å²) in [7, 11) is 0. The van der Waals surface area contributed by atoms with Crippen molar-refractivity contribution in [3.8, 4) is 0 Å². The molecular weight excluding hydrogens is 503 g/mol. The largest absolute Gasteiger partial charge is 0.460 e. The molecule has 158 valence electrons. The van der Waals surface area contributed by atoms with Gasteiger partial charge >= 0.3 is 47.3 Å². The van der Waals surface area contributed by atoms with Gasteiger partial charge in [0.05, 0.1) is 0 Å². The van der Waals surface area contributed by atoms with Gasteiger partial charge in [0.2, 0.25) is 0 Å². The van der Waals surface area contributed by atoms with Crippen molar-refractivity contribution in [1.29, 1.82) is 0 Å². The van der Waals surface area contributed by atoms with Gasteiger partial charge in [-0.05, 0) is 0 Å². The summed E-state index contributed by atoms with van der Waals surface area (Å²) in [6, 6.07) is -6.49. The molecule has 0 aliphatic carbocycles. The monoisotopic (exact) mass is 502 g/mol. The molecule has 0 nitrogen and oxygen atoms in total. The Kier molecular flexibility index (Phi) is 6.28. The molecule has 0 aromatic heterocycles. The Morgan fingerprint density at radius 2 is 0.615 bits per heavy atom. The second kappa shape index (κ2) is 6.27. The van der Waals surface area contributed by atoms with E-state index in [4.69, 9.17) is 0 Å². The van der Waals surface area contributed by atoms with E-state index in [9.17, 15) is 65.9 Å². The molecule has 0 unspecified atom stereocenters. The molecule has 19 heteroatoms. The van der Waals surface area contributed by atoms with Gasteiger partial charge in [0.1, 0.15) is 0 Å². The maximum Gasteiger partial charge on any atom is 0.460 e. The first-order chi connectivity index (χ1) is 10.8. The van der Waals surface area contributed by atoms with Gasteiger partial charge in [0.15, 0.2) is 0 Å². The smallest absolute Gasteiger partial charge is 0.200 e. The van der Waals surface area contributed by atoms with Crippen molar-refractivity contribution in [2.75, 3.05) is 0 Å². The van der Waals surface area contributed by atoms with E-state index in [2.05, 4.69) is 33.2 Å². The molecule has 0 fully saturated rings. The quantitative estimate of drug-likeness (QED) is 0.219. The summed E-state index contributed by atoms with van der Waals surface area (Å²) in [5.74, 6) is -40.7. The van der Waals surface area contributed by atoms with Crippen molar-refractivity contribution in [2.45, 2.75) is 41.3 Å². The van der Waals surface area contributed by atoms with Gasteiger partial charge in [-0.1, -0.05) is 0 Å². The van der Waals surface area contributed by atoms with Gasteiger partial charge in [-0.25, -0.2) is 0 Å². The molecule has 0 aromatic rings. The standard InChI is InChI=1S/C7Cl3F15Si/c8-26(9,10)7(24,25)5(19,20)3(15,16)1(11,12)2(13,14)4(17,18)6(21,22)23. The fourth-order valence-corrected chi connectivity index (χ4v) is 2.73. The van der Waals surface area contributed by atoms with E-state index in [1.807, 2.05) is 0 Å². The number of hydrogen-bond acceptors (Lipinski definition) is 0. The van der Waals surface area contributed by atoms with Crippen LogP contribution in [0.4, 0.5) is 65.9 Å². The fourth-order valence-electron chi connectivity index (χ4n) is 1.14. The van der Waals surface area contributed by atoms with Crippen LogP contribution in [-0.4, -0.2) is 47.3 Å². The number of hydrogen-bond donors (Lipinski definition) is 0. The molecule has 0 rings (SSSR count). The van der Waals surface area contributed by atoms with Crippen LogP contribution in [-0.2, 0) is 0 Å². The normalized spacial score (nSPS) is 16.8. The Bertz CT molecular complexity index is 484. The zero-order valence-electron chi connectivity index (χ0n) is 10.8. The molecule has 0 saturated heterocycles. The van der Waals surface area contributed by atoms with Crippen molar-refractivity contribution < 1.29 is 65.9 Å². The van der Waals surface area contributed by atoms with Gasteiger partial charge in [-0.2, -0.15) is 65.9 Å². The topological polar surface area (TPSA) is 0 Å². The molecule has 0 heterocycles. The summed E-state index contributed by atoms with van der Waals surface area (Å²) in [4.78, 5) is 0. The van der Waals surface area contributed by atoms with Crippen LogP contribution in [0.25, 0.3) is 0 Å². The van der Waals surface area contributed by atoms with E-state index in [1.165, 1.54) is 0 Å². The Balaban J connectivity index is 6.61. The van der Waals surface area contributed by atoms with Crippen molar-refractivity contribution in [2.24, 2.45) is 0 Å². The van der Waals surface area contributed by atoms with E-state index >= 15 is 0 Å². The van der Waals surface area contributed by atoms with Crippen LogP contribution >= 0.6 is 33.2 Å². The molecule has 0 aliphatic rings. The molecular formula is C7Cl3F15Si. The average Bonchev–Trinajstić information content (AvgIpc) is 2.34. The molecule has 0 aromatic carbocycles. The second-order valence-electron chi connectivity index (χ2n) is 4.44. The highest BCUT2D eigenvalue weighted by Gasteiger charge is 2.94. The zero-order chi connectivity index (χ0) is 22.0. The molecule has 26 heavy (non-hydrogen) atoms. The van der Waals surface area contributed by atoms with Gasteiger partial charge in [-0.15, -0.1) is 33.2 Å². The summed E-state index contributed by atoms with van der Waals surface area (Å²) in [6.45, 7) is 0. The van der Waals surface area contributed by atoms with E-state index in [-0.39, 0.29) is 0 Å². The minimum atomic E-state index is -8.38. The van der Waals surface area contributed by atoms with Gasteiger partial charge < -0.3 is 0 Å². The first-order valence-electron chi connectivity index (χ1n) is 5.15. The van der Waals surface area contributed by atoms with E-state index in [1.54, 1.807) is 0 Å². The first-order valence-corrected chi connectivity index (χ1v) is 10.2. The van der Waals surface area contributed by atoms with Crippen molar-refractivity contribution >= 4 is 39.2 Å². The third-order valence-corrected chi connectivity index (χ3v) is 5.85. The van der Waals surface area contributed by atoms with Gasteiger partial charge in [0.25, 0.3) is 0 Å². The maximum absolute atomic E-state index is 13.1. The summed E-state index contributed by atoms with van der Waals surface area (Å²) in [6.07, 6.45) is -7.65. The van der Waals surface area contributed by atoms with Crippen LogP contribution in [0.5, 0.6) is 0 Å². The Morgan fingerprint density at radius 1 is 0.385 bits per heavy atom. The van der Waals surface area contributed by atoms with Crippen LogP contribution in [0.15, 0.2) is 0 Å². The van der Waals surface area contributed by atoms with Crippen LogP contribution in [0, 0.1) is 0 Å². The third kappa shape index (κ3) is 3.21. The van der Waals surface area contributed by atoms with Gasteiger partial charge in [0, 0.05) is 0 Å². The van der Waals surface area contributed by atoms with Gasteiger partial charge in [-0.3, -0.25) is 0 Å². The van der Waals surface area contributed by atoms with Crippen molar-refractivity contribution in [1.82, 2.24) is 0 Å². The molecule has 0 N–H and O–H groups in total. The van der Waals surface area contributed by atoms with Crippen LogP contribution in [0.1, 0.15) is 0 Å². The summed E-state index contributed by atoms with van der Waals surface area (Å²) < 4.78 is 191. The molecule has 0 spiro atoms. The maximum atomic E-state index is 13.1. The Labute approximate surface area is 147 Å². The molecule has 0 amide bonds. The fraction of sp³-hybridized carbons (Fsp3) is 1.00. The van der Waals surface area contributed by atoms with Crippen molar-refractivity contribution in [3.63, 3.8) is 0 Å². The number of alkyl halides is 15. The molecule has 0 atom stereocenters. The predicted octanol–water partition coefficient (Wildman–Crippen LogP) is 6.56. The Hall–Kier alpha value is 0.0369. The number of rotatable bonds is 6. The average molecular weight is 503 g/mol. The van der Waals surface area contributed by atoms with Crippen LogP contribution in [0.2, 0.25) is 0 Å². The highest BCUT2D eigenvalue weighted by atomic mass is 35.8. The summed E-state index contributed by atoms with van der Waals surface area (Å²) in [5.41, 5.74) is -6.79. The molecule has 0 radical (unpaired) electrons. The highest BCUT2D eigenvalue weighted by molar-refractivity contribution is 7.65. The van der Waals surface area contributed by atoms with E-state index in [0.29, 0.717) is 0 Å². The summed E-state index contributed by atoms with van der Waals surface area (Å²) in [5, 5.41) is 0. The highest BCUT2D eigenvalue weighted by Crippen LogP contribution is 2.64.